The lowest BCUT2D eigenvalue weighted by molar-refractivity contribution is 0.102. The van der Waals surface area contributed by atoms with E-state index in [1.807, 2.05) is 6.92 Å². The molecule has 0 aliphatic heterocycles. The second kappa shape index (κ2) is 6.74. The fraction of sp³-hybridized carbons (Fsp3) is 0.143. The topological polar surface area (TPSA) is 54.0 Å². The van der Waals surface area contributed by atoms with Crippen LogP contribution in [0.15, 0.2) is 30.5 Å². The highest BCUT2D eigenvalue weighted by Crippen LogP contribution is 2.22. The van der Waals surface area contributed by atoms with Gasteiger partial charge in [0.05, 0.1) is 16.3 Å². The van der Waals surface area contributed by atoms with E-state index in [9.17, 15) is 9.18 Å². The van der Waals surface area contributed by atoms with Crippen molar-refractivity contribution in [2.75, 3.05) is 17.2 Å². The van der Waals surface area contributed by atoms with Crippen LogP contribution < -0.4 is 10.6 Å². The number of nitrogens with zero attached hydrogens (tertiary/aromatic N) is 1. The molecule has 2 rings (SSSR count). The average molecular weight is 328 g/mol. The number of nitrogens with one attached hydrogen (secondary N) is 2. The normalized spacial score (nSPS) is 10.3. The summed E-state index contributed by atoms with van der Waals surface area (Å²) in [5.41, 5.74) is 0.271. The predicted molar refractivity (Wildman–Crippen MR) is 82.8 cm³/mol. The lowest BCUT2D eigenvalue weighted by atomic mass is 10.2. The third-order valence-corrected chi connectivity index (χ3v) is 3.15. The quantitative estimate of drug-likeness (QED) is 0.884. The van der Waals surface area contributed by atoms with Crippen molar-refractivity contribution in [2.24, 2.45) is 0 Å². The first-order valence-corrected chi connectivity index (χ1v) is 6.92. The Labute approximate surface area is 131 Å². The van der Waals surface area contributed by atoms with Crippen LogP contribution in [0.25, 0.3) is 0 Å². The largest absolute Gasteiger partial charge is 0.369 e. The van der Waals surface area contributed by atoms with E-state index in [0.29, 0.717) is 17.4 Å². The summed E-state index contributed by atoms with van der Waals surface area (Å²) < 4.78 is 13.6. The first kappa shape index (κ1) is 15.5. The summed E-state index contributed by atoms with van der Waals surface area (Å²) in [5, 5.41) is 5.97. The number of hydrogen-bond donors (Lipinski definition) is 2. The number of amides is 1. The zero-order chi connectivity index (χ0) is 15.4. The minimum absolute atomic E-state index is 0.0382. The van der Waals surface area contributed by atoms with Crippen molar-refractivity contribution < 1.29 is 9.18 Å². The lowest BCUT2D eigenvalue weighted by Crippen LogP contribution is -2.14. The van der Waals surface area contributed by atoms with E-state index in [-0.39, 0.29) is 16.3 Å². The number of pyridine rings is 1. The maximum atomic E-state index is 13.6. The molecule has 21 heavy (non-hydrogen) atoms. The molecule has 0 fully saturated rings. The van der Waals surface area contributed by atoms with Crippen LogP contribution >= 0.6 is 23.2 Å². The molecule has 0 aliphatic carbocycles. The van der Waals surface area contributed by atoms with E-state index in [0.717, 1.165) is 6.07 Å². The Hall–Kier alpha value is -1.85. The fourth-order valence-electron chi connectivity index (χ4n) is 1.64. The number of halogens is 3. The van der Waals surface area contributed by atoms with E-state index in [4.69, 9.17) is 23.2 Å². The molecule has 0 atom stereocenters. The van der Waals surface area contributed by atoms with Crippen LogP contribution in [0, 0.1) is 5.82 Å². The molecule has 0 saturated heterocycles. The summed E-state index contributed by atoms with van der Waals surface area (Å²) in [6, 6.07) is 5.46. The molecule has 0 unspecified atom stereocenters. The Morgan fingerprint density at radius 2 is 2.10 bits per heavy atom. The molecule has 0 bridgehead atoms. The fourth-order valence-corrected chi connectivity index (χ4v) is 2.04. The number of rotatable bonds is 4. The van der Waals surface area contributed by atoms with Crippen molar-refractivity contribution >= 4 is 40.6 Å². The number of carbonyl (C=O) groups is 1. The molecule has 1 heterocycles. The lowest BCUT2D eigenvalue weighted by Gasteiger charge is -2.09. The Morgan fingerprint density at radius 1 is 1.33 bits per heavy atom. The Morgan fingerprint density at radius 3 is 2.71 bits per heavy atom. The standard InChI is InChI=1S/C14H12Cl2FN3O/c1-2-18-13-10(16)5-8(7-19-13)14(21)20-12-4-3-9(15)6-11(12)17/h3-7H,2H2,1H3,(H,18,19)(H,20,21). The summed E-state index contributed by atoms with van der Waals surface area (Å²) in [6.45, 7) is 2.57. The molecule has 2 N–H and O–H groups in total. The first-order valence-electron chi connectivity index (χ1n) is 6.17. The molecule has 0 saturated carbocycles. The van der Waals surface area contributed by atoms with Gasteiger partial charge in [-0.2, -0.15) is 0 Å². The number of hydrogen-bond acceptors (Lipinski definition) is 3. The van der Waals surface area contributed by atoms with Crippen LogP contribution in [-0.2, 0) is 0 Å². The van der Waals surface area contributed by atoms with Gasteiger partial charge in [-0.3, -0.25) is 4.79 Å². The summed E-state index contributed by atoms with van der Waals surface area (Å²) in [4.78, 5) is 16.1. The van der Waals surface area contributed by atoms with Crippen LogP contribution in [0.1, 0.15) is 17.3 Å². The zero-order valence-corrected chi connectivity index (χ0v) is 12.6. The third kappa shape index (κ3) is 3.83. The summed E-state index contributed by atoms with van der Waals surface area (Å²) in [7, 11) is 0. The van der Waals surface area contributed by atoms with Gasteiger partial charge in [0.2, 0.25) is 0 Å². The van der Waals surface area contributed by atoms with Crippen LogP contribution in [0.2, 0.25) is 10.0 Å². The number of aromatic nitrogens is 1. The molecule has 110 valence electrons. The molecule has 2 aromatic rings. The van der Waals surface area contributed by atoms with Gasteiger partial charge in [-0.25, -0.2) is 9.37 Å². The molecule has 0 radical (unpaired) electrons. The monoisotopic (exact) mass is 327 g/mol. The second-order valence-electron chi connectivity index (χ2n) is 4.16. The van der Waals surface area contributed by atoms with Crippen molar-refractivity contribution in [3.63, 3.8) is 0 Å². The Balaban J connectivity index is 2.18. The maximum Gasteiger partial charge on any atom is 0.257 e. The van der Waals surface area contributed by atoms with Gasteiger partial charge < -0.3 is 10.6 Å². The molecule has 1 amide bonds. The average Bonchev–Trinajstić information content (AvgIpc) is 2.44. The van der Waals surface area contributed by atoms with Gasteiger partial charge in [0, 0.05) is 17.8 Å². The van der Waals surface area contributed by atoms with Crippen LogP contribution in [0.4, 0.5) is 15.9 Å². The van der Waals surface area contributed by atoms with Gasteiger partial charge in [-0.05, 0) is 31.2 Å². The van der Waals surface area contributed by atoms with Crippen LogP contribution in [0.5, 0.6) is 0 Å². The number of carbonyl (C=O) groups excluding carboxylic acids is 1. The van der Waals surface area contributed by atoms with Crippen molar-refractivity contribution in [3.05, 3.63) is 51.9 Å². The Kier molecular flexibility index (Phi) is 4.98. The van der Waals surface area contributed by atoms with E-state index in [1.165, 1.54) is 24.4 Å². The zero-order valence-electron chi connectivity index (χ0n) is 11.1. The van der Waals surface area contributed by atoms with Crippen molar-refractivity contribution in [2.45, 2.75) is 6.92 Å². The third-order valence-electron chi connectivity index (χ3n) is 2.63. The SMILES string of the molecule is CCNc1ncc(C(=O)Nc2ccc(Cl)cc2F)cc1Cl. The molecular formula is C14H12Cl2FN3O. The van der Waals surface area contributed by atoms with Gasteiger partial charge in [0.1, 0.15) is 11.6 Å². The predicted octanol–water partition coefficient (Wildman–Crippen LogP) is 4.21. The van der Waals surface area contributed by atoms with E-state index >= 15 is 0 Å². The molecule has 7 heteroatoms. The molecule has 1 aromatic heterocycles. The van der Waals surface area contributed by atoms with Crippen molar-refractivity contribution in [3.8, 4) is 0 Å². The highest BCUT2D eigenvalue weighted by Gasteiger charge is 2.12. The molecule has 0 aliphatic rings. The van der Waals surface area contributed by atoms with E-state index in [2.05, 4.69) is 15.6 Å². The van der Waals surface area contributed by atoms with Gasteiger partial charge in [-0.1, -0.05) is 23.2 Å². The molecule has 4 nitrogen and oxygen atoms in total. The minimum atomic E-state index is -0.612. The maximum absolute atomic E-state index is 13.6. The molecular weight excluding hydrogens is 316 g/mol. The van der Waals surface area contributed by atoms with Gasteiger partial charge in [0.25, 0.3) is 5.91 Å². The number of benzene rings is 1. The summed E-state index contributed by atoms with van der Waals surface area (Å²) in [6.07, 6.45) is 1.37. The second-order valence-corrected chi connectivity index (χ2v) is 5.01. The molecule has 0 spiro atoms. The Bertz CT molecular complexity index is 679. The number of anilines is 2. The van der Waals surface area contributed by atoms with Crippen molar-refractivity contribution in [1.29, 1.82) is 0 Å². The van der Waals surface area contributed by atoms with Crippen molar-refractivity contribution in [1.82, 2.24) is 4.98 Å². The summed E-state index contributed by atoms with van der Waals surface area (Å²) in [5.74, 6) is -0.624. The van der Waals surface area contributed by atoms with Gasteiger partial charge in [-0.15, -0.1) is 0 Å². The van der Waals surface area contributed by atoms with E-state index in [1.54, 1.807) is 0 Å². The van der Waals surface area contributed by atoms with Gasteiger partial charge >= 0.3 is 0 Å². The first-order chi connectivity index (χ1) is 10.0. The van der Waals surface area contributed by atoms with E-state index < -0.39 is 11.7 Å². The summed E-state index contributed by atoms with van der Waals surface area (Å²) >= 11 is 11.7. The van der Waals surface area contributed by atoms with Crippen LogP contribution in [0.3, 0.4) is 0 Å². The smallest absolute Gasteiger partial charge is 0.257 e. The van der Waals surface area contributed by atoms with Crippen LogP contribution in [-0.4, -0.2) is 17.4 Å². The molecule has 1 aromatic carbocycles. The highest BCUT2D eigenvalue weighted by molar-refractivity contribution is 6.33. The highest BCUT2D eigenvalue weighted by atomic mass is 35.5. The van der Waals surface area contributed by atoms with Gasteiger partial charge in [0.15, 0.2) is 0 Å². The minimum Gasteiger partial charge on any atom is -0.369 e.